The Morgan fingerprint density at radius 1 is 1.20 bits per heavy atom. The van der Waals surface area contributed by atoms with Crippen LogP contribution >= 0.6 is 0 Å². The van der Waals surface area contributed by atoms with E-state index in [1.807, 2.05) is 27.7 Å². The fraction of sp³-hybridized carbons (Fsp3) is 0.545. The van der Waals surface area contributed by atoms with E-state index in [1.54, 1.807) is 0 Å². The van der Waals surface area contributed by atoms with Crippen LogP contribution in [0.3, 0.4) is 0 Å². The van der Waals surface area contributed by atoms with Gasteiger partial charge in [-0.15, -0.1) is 0 Å². The summed E-state index contributed by atoms with van der Waals surface area (Å²) >= 11 is 0. The first-order chi connectivity index (χ1) is 8.92. The number of halogens is 1. The van der Waals surface area contributed by atoms with Crippen molar-refractivity contribution in [3.63, 3.8) is 0 Å². The molecule has 1 aliphatic heterocycles. The maximum Gasteiger partial charge on any atom is 0.514 e. The molecule has 110 valence electrons. The number of primary sulfonamides is 1. The van der Waals surface area contributed by atoms with E-state index in [4.69, 9.17) is 14.4 Å². The Hall–Kier alpha value is -1.03. The summed E-state index contributed by atoms with van der Waals surface area (Å²) in [6.45, 7) is 7.31. The molecule has 6 nitrogen and oxygen atoms in total. The van der Waals surface area contributed by atoms with Gasteiger partial charge >= 0.3 is 7.12 Å². The van der Waals surface area contributed by atoms with Crippen LogP contribution in [0, 0.1) is 5.95 Å². The van der Waals surface area contributed by atoms with Crippen molar-refractivity contribution >= 4 is 22.7 Å². The van der Waals surface area contributed by atoms with Crippen LogP contribution in [-0.4, -0.2) is 31.7 Å². The van der Waals surface area contributed by atoms with E-state index in [0.29, 0.717) is 0 Å². The summed E-state index contributed by atoms with van der Waals surface area (Å²) in [7, 11) is -4.97. The Bertz CT molecular complexity index is 632. The van der Waals surface area contributed by atoms with Gasteiger partial charge in [0.25, 0.3) is 0 Å². The third kappa shape index (κ3) is 2.71. The monoisotopic (exact) mass is 302 g/mol. The van der Waals surface area contributed by atoms with E-state index in [2.05, 4.69) is 4.98 Å². The summed E-state index contributed by atoms with van der Waals surface area (Å²) in [5, 5.41) is 5.00. The van der Waals surface area contributed by atoms with Gasteiger partial charge < -0.3 is 9.31 Å². The molecule has 0 spiro atoms. The molecule has 1 fully saturated rings. The molecule has 0 aromatic carbocycles. The first-order valence-electron chi connectivity index (χ1n) is 5.98. The van der Waals surface area contributed by atoms with E-state index in [0.717, 1.165) is 12.1 Å². The molecule has 1 aromatic rings. The van der Waals surface area contributed by atoms with Gasteiger partial charge in [-0.2, -0.15) is 4.39 Å². The quantitative estimate of drug-likeness (QED) is 0.621. The van der Waals surface area contributed by atoms with Crippen LogP contribution in [0.1, 0.15) is 27.7 Å². The van der Waals surface area contributed by atoms with Gasteiger partial charge in [-0.05, 0) is 33.8 Å². The molecule has 1 aliphatic rings. The molecule has 1 saturated heterocycles. The Morgan fingerprint density at radius 3 is 2.15 bits per heavy atom. The molecule has 2 heterocycles. The highest BCUT2D eigenvalue weighted by atomic mass is 32.2. The SMILES string of the molecule is CC1(C)OB(c2cc(S(N)(=O)=O)cc(F)n2)OC1(C)C. The van der Waals surface area contributed by atoms with Crippen LogP contribution in [0.4, 0.5) is 4.39 Å². The lowest BCUT2D eigenvalue weighted by molar-refractivity contribution is 0.00578. The number of hydrogen-bond donors (Lipinski definition) is 1. The van der Waals surface area contributed by atoms with Gasteiger partial charge in [0.1, 0.15) is 0 Å². The van der Waals surface area contributed by atoms with E-state index >= 15 is 0 Å². The Kier molecular flexibility index (Phi) is 3.45. The smallest absolute Gasteiger partial charge is 0.398 e. The average Bonchev–Trinajstić information content (AvgIpc) is 2.46. The van der Waals surface area contributed by atoms with Crippen molar-refractivity contribution in [2.75, 3.05) is 0 Å². The molecule has 0 radical (unpaired) electrons. The van der Waals surface area contributed by atoms with Gasteiger partial charge in [0.05, 0.1) is 21.7 Å². The van der Waals surface area contributed by atoms with Crippen molar-refractivity contribution in [2.24, 2.45) is 5.14 Å². The molecule has 0 saturated carbocycles. The highest BCUT2D eigenvalue weighted by Crippen LogP contribution is 2.36. The normalized spacial score (nSPS) is 21.2. The number of aromatic nitrogens is 1. The number of nitrogens with two attached hydrogens (primary N) is 1. The molecular formula is C11H16BFN2O4S. The minimum Gasteiger partial charge on any atom is -0.398 e. The highest BCUT2D eigenvalue weighted by molar-refractivity contribution is 7.89. The minimum absolute atomic E-state index is 0.0349. The van der Waals surface area contributed by atoms with Crippen LogP contribution in [0.5, 0.6) is 0 Å². The lowest BCUT2D eigenvalue weighted by Crippen LogP contribution is -2.41. The topological polar surface area (TPSA) is 91.5 Å². The third-order valence-corrected chi connectivity index (χ3v) is 4.50. The fourth-order valence-corrected chi connectivity index (χ4v) is 2.29. The Morgan fingerprint density at radius 2 is 1.70 bits per heavy atom. The van der Waals surface area contributed by atoms with Crippen LogP contribution in [0.15, 0.2) is 17.0 Å². The predicted octanol–water partition coefficient (Wildman–Crippen LogP) is 0.167. The Balaban J connectivity index is 2.44. The van der Waals surface area contributed by atoms with Crippen LogP contribution in [0.2, 0.25) is 0 Å². The summed E-state index contributed by atoms with van der Waals surface area (Å²) in [5.74, 6) is -0.957. The standard InChI is InChI=1S/C11H16BFN2O4S/c1-10(2)11(3,4)19-12(18-10)8-5-7(20(14,16)17)6-9(13)15-8/h5-6H,1-4H3,(H2,14,16,17). The lowest BCUT2D eigenvalue weighted by atomic mass is 9.84. The number of rotatable bonds is 2. The summed E-state index contributed by atoms with van der Waals surface area (Å²) in [6.07, 6.45) is 0. The second-order valence-corrected chi connectivity index (χ2v) is 7.25. The molecule has 0 aliphatic carbocycles. The molecule has 20 heavy (non-hydrogen) atoms. The summed E-state index contributed by atoms with van der Waals surface area (Å²) in [6, 6.07) is 1.91. The van der Waals surface area contributed by atoms with Crippen LogP contribution in [0.25, 0.3) is 0 Å². The zero-order valence-corrected chi connectivity index (χ0v) is 12.5. The van der Waals surface area contributed by atoms with Crippen molar-refractivity contribution in [3.05, 3.63) is 18.1 Å². The average molecular weight is 302 g/mol. The summed E-state index contributed by atoms with van der Waals surface area (Å²) < 4.78 is 47.4. The largest absolute Gasteiger partial charge is 0.514 e. The maximum absolute atomic E-state index is 13.5. The molecule has 2 N–H and O–H groups in total. The highest BCUT2D eigenvalue weighted by Gasteiger charge is 2.52. The molecular weight excluding hydrogens is 286 g/mol. The zero-order valence-electron chi connectivity index (χ0n) is 11.7. The van der Waals surface area contributed by atoms with Gasteiger partial charge in [-0.1, -0.05) is 0 Å². The number of nitrogens with zero attached hydrogens (tertiary/aromatic N) is 1. The summed E-state index contributed by atoms with van der Waals surface area (Å²) in [5.41, 5.74) is -1.23. The van der Waals surface area contributed by atoms with Gasteiger partial charge in [-0.3, -0.25) is 0 Å². The molecule has 0 unspecified atom stereocenters. The summed E-state index contributed by atoms with van der Waals surface area (Å²) in [4.78, 5) is 3.26. The van der Waals surface area contributed by atoms with Crippen molar-refractivity contribution in [2.45, 2.75) is 43.8 Å². The first-order valence-corrected chi connectivity index (χ1v) is 7.53. The van der Waals surface area contributed by atoms with Crippen molar-refractivity contribution < 1.29 is 22.1 Å². The van der Waals surface area contributed by atoms with E-state index in [-0.39, 0.29) is 10.5 Å². The van der Waals surface area contributed by atoms with Crippen molar-refractivity contribution in [1.29, 1.82) is 0 Å². The Labute approximate surface area is 117 Å². The second kappa shape index (κ2) is 4.49. The number of sulfonamides is 1. The molecule has 2 rings (SSSR count). The van der Waals surface area contributed by atoms with Crippen molar-refractivity contribution in [3.8, 4) is 0 Å². The number of hydrogen-bond acceptors (Lipinski definition) is 5. The maximum atomic E-state index is 13.5. The van der Waals surface area contributed by atoms with Crippen molar-refractivity contribution in [1.82, 2.24) is 4.98 Å². The fourth-order valence-electron chi connectivity index (χ4n) is 1.74. The van der Waals surface area contributed by atoms with E-state index in [1.165, 1.54) is 0 Å². The first kappa shape index (κ1) is 15.4. The molecule has 0 atom stereocenters. The van der Waals surface area contributed by atoms with Crippen LogP contribution < -0.4 is 10.7 Å². The molecule has 1 aromatic heterocycles. The van der Waals surface area contributed by atoms with Gasteiger partial charge in [0.2, 0.25) is 16.0 Å². The second-order valence-electron chi connectivity index (χ2n) is 5.68. The number of pyridine rings is 1. The minimum atomic E-state index is -4.03. The predicted molar refractivity (Wildman–Crippen MR) is 71.3 cm³/mol. The van der Waals surface area contributed by atoms with E-state index < -0.39 is 34.3 Å². The van der Waals surface area contributed by atoms with Gasteiger partial charge in [-0.25, -0.2) is 18.5 Å². The van der Waals surface area contributed by atoms with E-state index in [9.17, 15) is 12.8 Å². The van der Waals surface area contributed by atoms with Crippen LogP contribution in [-0.2, 0) is 19.3 Å². The zero-order chi connectivity index (χ0) is 15.3. The van der Waals surface area contributed by atoms with Gasteiger partial charge in [0.15, 0.2) is 0 Å². The lowest BCUT2D eigenvalue weighted by Gasteiger charge is -2.32. The molecule has 9 heteroatoms. The third-order valence-electron chi connectivity index (χ3n) is 3.61. The van der Waals surface area contributed by atoms with Gasteiger partial charge in [0, 0.05) is 6.07 Å². The molecule has 0 bridgehead atoms. The molecule has 0 amide bonds.